The molecule has 1 atom stereocenters. The van der Waals surface area contributed by atoms with E-state index in [1.807, 2.05) is 354 Å². The van der Waals surface area contributed by atoms with Crippen LogP contribution in [0.15, 0.2) is 400 Å². The van der Waals surface area contributed by atoms with Crippen molar-refractivity contribution in [2.24, 2.45) is 0 Å². The van der Waals surface area contributed by atoms with E-state index >= 15 is 0 Å². The first-order valence-electron chi connectivity index (χ1n) is 48.3. The molecule has 133 heavy (non-hydrogen) atoms. The van der Waals surface area contributed by atoms with Crippen molar-refractivity contribution in [1.82, 2.24) is 0 Å². The van der Waals surface area contributed by atoms with Gasteiger partial charge in [-0.25, -0.2) is 48.9 Å². The molecular formula is C121H182O12. The monoisotopic (exact) mass is 1830 g/mol. The zero-order valence-electron chi connectivity index (χ0n) is 84.3. The van der Waals surface area contributed by atoms with Crippen LogP contribution in [-0.2, 0) is 53.6 Å². The van der Waals surface area contributed by atoms with Crippen LogP contribution in [-0.4, -0.2) is 85.4 Å². The molecule has 1 unspecified atom stereocenters. The third-order valence-electron chi connectivity index (χ3n) is 15.0. The highest BCUT2D eigenvalue weighted by Gasteiger charge is 2.24. The van der Waals surface area contributed by atoms with E-state index < -0.39 is 0 Å². The van der Waals surface area contributed by atoms with Crippen molar-refractivity contribution in [3.8, 4) is 5.75 Å². The molecule has 0 N–H and O–H groups in total. The first kappa shape index (κ1) is 134. The molecule has 0 spiro atoms. The smallest absolute Gasteiger partial charge is 0.119 e. The first-order valence-corrected chi connectivity index (χ1v) is 48.3. The fourth-order valence-corrected chi connectivity index (χ4v) is 9.31. The number of para-hydroxylation sites is 1. The average Bonchev–Trinajstić information content (AvgIpc) is 1.74. The second-order valence-corrected chi connectivity index (χ2v) is 29.3. The molecule has 6 fully saturated rings. The van der Waals surface area contributed by atoms with Crippen LogP contribution in [0.2, 0.25) is 0 Å². The van der Waals surface area contributed by atoms with E-state index in [0.29, 0.717) is 108 Å². The quantitative estimate of drug-likeness (QED) is 0.107. The molecule has 738 valence electrons. The number of ether oxygens (including phenoxy) is 2. The molecule has 18 rings (SSSR count). The van der Waals surface area contributed by atoms with Crippen LogP contribution in [0, 0.1) is 0 Å². The normalized spacial score (nSPS) is 13.0. The Balaban J connectivity index is -0.000000324. The van der Waals surface area contributed by atoms with Crippen molar-refractivity contribution in [3.05, 3.63) is 428 Å². The van der Waals surface area contributed by atoms with E-state index in [2.05, 4.69) is 185 Å². The summed E-state index contributed by atoms with van der Waals surface area (Å²) in [6, 6.07) is 133. The Hall–Kier alpha value is -10.0. The van der Waals surface area contributed by atoms with Crippen LogP contribution in [0.5, 0.6) is 5.75 Å². The van der Waals surface area contributed by atoms with Gasteiger partial charge in [-0.3, -0.25) is 0 Å². The maximum absolute atomic E-state index is 5.40. The van der Waals surface area contributed by atoms with Crippen LogP contribution < -0.4 is 4.74 Å². The Morgan fingerprint density at radius 1 is 0.173 bits per heavy atom. The Labute approximate surface area is 813 Å². The minimum atomic E-state index is 0. The van der Waals surface area contributed by atoms with Gasteiger partial charge in [0.25, 0.3) is 0 Å². The van der Waals surface area contributed by atoms with Gasteiger partial charge in [0.2, 0.25) is 0 Å². The minimum Gasteiger partial charge on any atom is -0.491 e. The van der Waals surface area contributed by atoms with Crippen molar-refractivity contribution in [2.75, 3.05) is 79.3 Å². The van der Waals surface area contributed by atoms with Gasteiger partial charge in [-0.15, -0.1) is 0 Å². The Bertz CT molecular complexity index is 3090. The molecular weight excluding hydrogens is 1650 g/mol. The molecule has 0 amide bonds. The van der Waals surface area contributed by atoms with E-state index in [9.17, 15) is 0 Å². The number of benzene rings is 12. The third-order valence-corrected chi connectivity index (χ3v) is 15.0. The summed E-state index contributed by atoms with van der Waals surface area (Å²) in [6.07, 6.45) is 11.6. The summed E-state index contributed by atoms with van der Waals surface area (Å²) in [5.74, 6) is 3.05. The molecule has 6 heterocycles. The predicted molar refractivity (Wildman–Crippen MR) is 574 cm³/mol. The summed E-state index contributed by atoms with van der Waals surface area (Å²) in [7, 11) is 0. The second kappa shape index (κ2) is 114. The van der Waals surface area contributed by atoms with E-state index in [-0.39, 0.29) is 14.9 Å². The highest BCUT2D eigenvalue weighted by atomic mass is 17.2. The molecule has 6 saturated heterocycles. The lowest BCUT2D eigenvalue weighted by Gasteiger charge is -2.03. The van der Waals surface area contributed by atoms with Crippen LogP contribution in [0.3, 0.4) is 0 Å². The molecule has 0 aromatic heterocycles. The summed E-state index contributed by atoms with van der Waals surface area (Å²) in [4.78, 5) is 48.1. The van der Waals surface area contributed by atoms with Crippen LogP contribution in [0.25, 0.3) is 0 Å². The lowest BCUT2D eigenvalue weighted by Crippen LogP contribution is -2.03. The molecule has 12 aromatic rings. The van der Waals surface area contributed by atoms with Gasteiger partial charge in [0, 0.05) is 29.6 Å². The van der Waals surface area contributed by atoms with Crippen LogP contribution in [0.1, 0.15) is 269 Å². The zero-order valence-corrected chi connectivity index (χ0v) is 84.3. The average molecular weight is 1830 g/mol. The standard InChI is InChI=1S/6C9H10O2.6C6H6.9C3H8.C2H6.2CH4/c1-2-4-8(5-3-1)10-6-9-7-11-9;5*1-2-4-8(5-3-1)9-6-10-11-7-9;6*1-2-4-6-5-3-1;9*1-3-2;1-2;;/h6*1-5,9H,6-7H2;6*1-6H;9*3H2,1-2H3;1-2H3;2*1H4. The Morgan fingerprint density at radius 2 is 0.271 bits per heavy atom. The largest absolute Gasteiger partial charge is 0.491 e. The highest BCUT2D eigenvalue weighted by molar-refractivity contribution is 5.25. The summed E-state index contributed by atoms with van der Waals surface area (Å²) in [5, 5.41) is 0. The molecule has 0 aliphatic carbocycles. The summed E-state index contributed by atoms with van der Waals surface area (Å²) < 4.78 is 10.4. The molecule has 0 radical (unpaired) electrons. The third kappa shape index (κ3) is 93.6. The number of hydrogen-bond donors (Lipinski definition) is 0. The lowest BCUT2D eigenvalue weighted by molar-refractivity contribution is -0.248. The maximum Gasteiger partial charge on any atom is 0.119 e. The Morgan fingerprint density at radius 3 is 0.376 bits per heavy atom. The van der Waals surface area contributed by atoms with Crippen molar-refractivity contribution in [1.29, 1.82) is 0 Å². The van der Waals surface area contributed by atoms with Crippen molar-refractivity contribution >= 4 is 0 Å². The molecule has 12 nitrogen and oxygen atoms in total. The van der Waals surface area contributed by atoms with E-state index in [1.54, 1.807) is 0 Å². The van der Waals surface area contributed by atoms with Gasteiger partial charge in [0.15, 0.2) is 0 Å². The molecule has 0 bridgehead atoms. The zero-order chi connectivity index (χ0) is 96.9. The number of rotatable bonds is 8. The fourth-order valence-electron chi connectivity index (χ4n) is 9.31. The van der Waals surface area contributed by atoms with Crippen LogP contribution in [0.4, 0.5) is 0 Å². The minimum absolute atomic E-state index is 0. The highest BCUT2D eigenvalue weighted by Crippen LogP contribution is 2.25. The van der Waals surface area contributed by atoms with E-state index in [1.165, 1.54) is 85.6 Å². The SMILES string of the molecule is C.C.CC.CCC.CCC.CCC.CCC.CCC.CCC.CCC.CCC.CCC.c1ccc(C2COOC2)cc1.c1ccc(C2COOC2)cc1.c1ccc(C2COOC2)cc1.c1ccc(C2COOC2)cc1.c1ccc(C2COOC2)cc1.c1ccc(OCC2CO2)cc1.c1ccccc1.c1ccccc1.c1ccccc1.c1ccccc1.c1ccccc1.c1ccccc1. The van der Waals surface area contributed by atoms with Gasteiger partial charge in [0.05, 0.1) is 72.7 Å². The first-order chi connectivity index (χ1) is 64.5. The van der Waals surface area contributed by atoms with Gasteiger partial charge < -0.3 is 9.47 Å². The van der Waals surface area contributed by atoms with Gasteiger partial charge in [-0.2, -0.15) is 0 Å². The summed E-state index contributed by atoms with van der Waals surface area (Å²) in [5.41, 5.74) is 6.48. The van der Waals surface area contributed by atoms with Gasteiger partial charge in [-0.1, -0.05) is 599 Å². The van der Waals surface area contributed by atoms with Crippen molar-refractivity contribution < 1.29 is 58.3 Å². The van der Waals surface area contributed by atoms with Gasteiger partial charge in [-0.05, 0) is 39.9 Å². The fraction of sp³-hybridized carbons (Fsp3) is 0.405. The topological polar surface area (TPSA) is 114 Å². The molecule has 0 saturated carbocycles. The van der Waals surface area contributed by atoms with Crippen molar-refractivity contribution in [2.45, 2.75) is 247 Å². The lowest BCUT2D eigenvalue weighted by atomic mass is 10.0. The molecule has 12 aromatic carbocycles. The Kier molecular flexibility index (Phi) is 115. The van der Waals surface area contributed by atoms with E-state index in [4.69, 9.17) is 58.3 Å². The van der Waals surface area contributed by atoms with Gasteiger partial charge >= 0.3 is 0 Å². The second-order valence-electron chi connectivity index (χ2n) is 29.3. The van der Waals surface area contributed by atoms with Gasteiger partial charge in [0.1, 0.15) is 18.5 Å². The molecule has 6 aliphatic rings. The number of hydrogen-bond acceptors (Lipinski definition) is 12. The van der Waals surface area contributed by atoms with Crippen LogP contribution >= 0.6 is 0 Å². The number of epoxide rings is 1. The van der Waals surface area contributed by atoms with E-state index in [0.717, 1.165) is 12.4 Å². The molecule has 6 aliphatic heterocycles. The predicted octanol–water partition coefficient (Wildman–Crippen LogP) is 35.3. The molecule has 12 heteroatoms. The van der Waals surface area contributed by atoms with Crippen molar-refractivity contribution in [3.63, 3.8) is 0 Å². The summed E-state index contributed by atoms with van der Waals surface area (Å²) >= 11 is 0. The maximum atomic E-state index is 5.40. The summed E-state index contributed by atoms with van der Waals surface area (Å²) in [6.45, 7) is 50.6.